The summed E-state index contributed by atoms with van der Waals surface area (Å²) in [5.74, 6) is 0.347. The van der Waals surface area contributed by atoms with Crippen molar-refractivity contribution < 1.29 is 14.4 Å². The molecule has 3 aliphatic heterocycles. The van der Waals surface area contributed by atoms with Gasteiger partial charge in [-0.05, 0) is 17.5 Å². The monoisotopic (exact) mass is 395 g/mol. The lowest BCUT2D eigenvalue weighted by Crippen LogP contribution is -2.52. The summed E-state index contributed by atoms with van der Waals surface area (Å²) in [5.41, 5.74) is 5.67. The van der Waals surface area contributed by atoms with E-state index in [4.69, 9.17) is 0 Å². The minimum absolute atomic E-state index is 0.168. The Morgan fingerprint density at radius 2 is 2.07 bits per heavy atom. The number of hydrogen-bond acceptors (Lipinski definition) is 7. The molecule has 0 spiro atoms. The van der Waals surface area contributed by atoms with Crippen LogP contribution < -0.4 is 16.1 Å². The maximum Gasteiger partial charge on any atom is 0.255 e. The number of nitrogens with one attached hydrogen (secondary N) is 3. The average molecular weight is 395 g/mol. The molecule has 0 radical (unpaired) electrons. The second-order valence-corrected chi connectivity index (χ2v) is 7.60. The van der Waals surface area contributed by atoms with Crippen LogP contribution in [-0.2, 0) is 22.7 Å². The largest absolute Gasteiger partial charge is 0.322 e. The van der Waals surface area contributed by atoms with Crippen molar-refractivity contribution in [2.75, 3.05) is 18.5 Å². The van der Waals surface area contributed by atoms with E-state index in [9.17, 15) is 14.4 Å². The van der Waals surface area contributed by atoms with Gasteiger partial charge in [-0.1, -0.05) is 18.2 Å². The Labute approximate surface area is 166 Å². The molecule has 3 aliphatic rings. The molecule has 0 saturated carbocycles. The first kappa shape index (κ1) is 17.8. The quantitative estimate of drug-likeness (QED) is 0.582. The summed E-state index contributed by atoms with van der Waals surface area (Å²) in [7, 11) is 0. The van der Waals surface area contributed by atoms with E-state index in [0.29, 0.717) is 31.0 Å². The molecule has 10 heteroatoms. The molecule has 0 bridgehead atoms. The number of carbonyl (C=O) groups excluding carboxylic acids is 3. The first-order valence-corrected chi connectivity index (χ1v) is 9.72. The molecule has 4 heterocycles. The van der Waals surface area contributed by atoms with Crippen LogP contribution in [0.4, 0.5) is 0 Å². The van der Waals surface area contributed by atoms with Gasteiger partial charge >= 0.3 is 0 Å². The number of benzene rings is 1. The Morgan fingerprint density at radius 1 is 1.21 bits per heavy atom. The summed E-state index contributed by atoms with van der Waals surface area (Å²) in [6.45, 7) is 2.56. The minimum Gasteiger partial charge on any atom is -0.322 e. The minimum atomic E-state index is -0.607. The van der Waals surface area contributed by atoms with Crippen molar-refractivity contribution in [3.05, 3.63) is 47.0 Å². The Balaban J connectivity index is 1.34. The number of rotatable bonds is 5. The van der Waals surface area contributed by atoms with Gasteiger partial charge < -0.3 is 15.6 Å². The van der Waals surface area contributed by atoms with E-state index in [1.807, 2.05) is 22.9 Å². The van der Waals surface area contributed by atoms with Crippen LogP contribution in [0.15, 0.2) is 24.5 Å². The Morgan fingerprint density at radius 3 is 2.83 bits per heavy atom. The van der Waals surface area contributed by atoms with Crippen LogP contribution in [0.1, 0.15) is 46.1 Å². The molecule has 1 aromatic carbocycles. The van der Waals surface area contributed by atoms with Gasteiger partial charge in [0.2, 0.25) is 11.8 Å². The van der Waals surface area contributed by atoms with E-state index >= 15 is 0 Å². The second kappa shape index (κ2) is 6.96. The third-order valence-electron chi connectivity index (χ3n) is 5.80. The van der Waals surface area contributed by atoms with Gasteiger partial charge in [0.05, 0.1) is 6.54 Å². The number of aromatic nitrogens is 3. The predicted octanol–water partition coefficient (Wildman–Crippen LogP) is -0.530. The fourth-order valence-corrected chi connectivity index (χ4v) is 4.12. The van der Waals surface area contributed by atoms with Crippen LogP contribution in [-0.4, -0.2) is 56.6 Å². The molecule has 3 N–H and O–H groups in total. The Hall–Kier alpha value is -3.27. The zero-order valence-electron chi connectivity index (χ0n) is 15.7. The highest BCUT2D eigenvalue weighted by atomic mass is 16.2. The van der Waals surface area contributed by atoms with Crippen LogP contribution >= 0.6 is 0 Å². The van der Waals surface area contributed by atoms with Crippen molar-refractivity contribution in [2.24, 2.45) is 0 Å². The third-order valence-corrected chi connectivity index (χ3v) is 5.80. The molecule has 1 unspecified atom stereocenters. The summed E-state index contributed by atoms with van der Waals surface area (Å²) in [4.78, 5) is 38.4. The highest BCUT2D eigenvalue weighted by Gasteiger charge is 2.39. The third kappa shape index (κ3) is 3.05. The lowest BCUT2D eigenvalue weighted by atomic mass is 10.0. The van der Waals surface area contributed by atoms with E-state index < -0.39 is 11.9 Å². The van der Waals surface area contributed by atoms with Gasteiger partial charge in [-0.15, -0.1) is 10.2 Å². The fraction of sp³-hybridized carbons (Fsp3) is 0.421. The molecule has 10 nitrogen and oxygen atoms in total. The summed E-state index contributed by atoms with van der Waals surface area (Å²) in [5, 5.41) is 13.7. The van der Waals surface area contributed by atoms with E-state index in [1.165, 1.54) is 0 Å². The van der Waals surface area contributed by atoms with Gasteiger partial charge in [0.1, 0.15) is 12.4 Å². The number of piperidine rings is 1. The maximum atomic E-state index is 13.1. The Kier molecular flexibility index (Phi) is 4.27. The number of hydrogen-bond donors (Lipinski definition) is 3. The lowest BCUT2D eigenvalue weighted by Gasteiger charge is -2.29. The maximum absolute atomic E-state index is 13.1. The van der Waals surface area contributed by atoms with Crippen molar-refractivity contribution in [1.82, 2.24) is 30.4 Å². The predicted molar refractivity (Wildman–Crippen MR) is 101 cm³/mol. The number of imide groups is 1. The zero-order chi connectivity index (χ0) is 20.0. The van der Waals surface area contributed by atoms with Crippen molar-refractivity contribution in [3.63, 3.8) is 0 Å². The molecular weight excluding hydrogens is 374 g/mol. The van der Waals surface area contributed by atoms with E-state index in [1.54, 1.807) is 11.2 Å². The molecule has 2 saturated heterocycles. The standard InChI is InChI=1S/C19H21N7O3/c27-15-5-4-14(18(28)23-15)25-9-12-3-1-2-11(16(12)19(25)29)8-22-26-10-21-24-17(26)13-6-20-7-13/h1-3,10,13-14,20,22H,4-9H2,(H,23,27,28). The van der Waals surface area contributed by atoms with Gasteiger partial charge in [-0.25, -0.2) is 4.68 Å². The number of fused-ring (bicyclic) bond motifs is 1. The molecule has 29 heavy (non-hydrogen) atoms. The molecule has 2 aromatic rings. The highest BCUT2D eigenvalue weighted by Crippen LogP contribution is 2.30. The zero-order valence-corrected chi connectivity index (χ0v) is 15.7. The summed E-state index contributed by atoms with van der Waals surface area (Å²) >= 11 is 0. The van der Waals surface area contributed by atoms with Gasteiger partial charge in [0.15, 0.2) is 5.82 Å². The normalized spacial score (nSPS) is 21.7. The first-order chi connectivity index (χ1) is 14.1. The van der Waals surface area contributed by atoms with E-state index in [2.05, 4.69) is 26.3 Å². The SMILES string of the molecule is O=C1CCC(N2Cc3cccc(CNn4cnnc4C4CNC4)c3C2=O)C(=O)N1. The molecule has 2 fully saturated rings. The molecule has 5 rings (SSSR count). The lowest BCUT2D eigenvalue weighted by molar-refractivity contribution is -0.136. The van der Waals surface area contributed by atoms with Crippen molar-refractivity contribution in [1.29, 1.82) is 0 Å². The Bertz CT molecular complexity index is 997. The molecule has 0 aliphatic carbocycles. The number of nitrogens with zero attached hydrogens (tertiary/aromatic N) is 4. The highest BCUT2D eigenvalue weighted by molar-refractivity contribution is 6.06. The average Bonchev–Trinajstić information content (AvgIpc) is 3.24. The smallest absolute Gasteiger partial charge is 0.255 e. The van der Waals surface area contributed by atoms with Crippen molar-refractivity contribution in [2.45, 2.75) is 37.9 Å². The summed E-state index contributed by atoms with van der Waals surface area (Å²) in [6, 6.07) is 5.13. The number of amides is 3. The van der Waals surface area contributed by atoms with Crippen LogP contribution in [0.2, 0.25) is 0 Å². The first-order valence-electron chi connectivity index (χ1n) is 9.72. The second-order valence-electron chi connectivity index (χ2n) is 7.60. The van der Waals surface area contributed by atoms with Crippen LogP contribution in [0.25, 0.3) is 0 Å². The van der Waals surface area contributed by atoms with Gasteiger partial charge in [0, 0.05) is 37.5 Å². The molecular formula is C19H21N7O3. The van der Waals surface area contributed by atoms with Gasteiger partial charge in [-0.2, -0.15) is 0 Å². The topological polar surface area (TPSA) is 121 Å². The van der Waals surface area contributed by atoms with Crippen molar-refractivity contribution in [3.8, 4) is 0 Å². The fourth-order valence-electron chi connectivity index (χ4n) is 4.12. The molecule has 1 aromatic heterocycles. The van der Waals surface area contributed by atoms with E-state index in [-0.39, 0.29) is 18.2 Å². The molecule has 3 amide bonds. The van der Waals surface area contributed by atoms with Crippen LogP contribution in [0, 0.1) is 0 Å². The number of carbonyl (C=O) groups is 3. The van der Waals surface area contributed by atoms with Crippen LogP contribution in [0.5, 0.6) is 0 Å². The van der Waals surface area contributed by atoms with Crippen LogP contribution in [0.3, 0.4) is 0 Å². The van der Waals surface area contributed by atoms with Gasteiger partial charge in [0.25, 0.3) is 5.91 Å². The summed E-state index contributed by atoms with van der Waals surface area (Å²) < 4.78 is 1.81. The molecule has 150 valence electrons. The summed E-state index contributed by atoms with van der Waals surface area (Å²) in [6.07, 6.45) is 2.24. The van der Waals surface area contributed by atoms with E-state index in [0.717, 1.165) is 30.0 Å². The van der Waals surface area contributed by atoms with Crippen molar-refractivity contribution >= 4 is 17.7 Å². The molecule has 1 atom stereocenters. The van der Waals surface area contributed by atoms with Gasteiger partial charge in [-0.3, -0.25) is 19.7 Å².